The molecule has 8 heteroatoms. The van der Waals surface area contributed by atoms with Crippen molar-refractivity contribution in [2.24, 2.45) is 4.99 Å². The molecule has 0 saturated carbocycles. The minimum Gasteiger partial charge on any atom is -0.373 e. The van der Waals surface area contributed by atoms with E-state index < -0.39 is 0 Å². The summed E-state index contributed by atoms with van der Waals surface area (Å²) in [5, 5.41) is 9.80. The van der Waals surface area contributed by atoms with Gasteiger partial charge in [-0.15, -0.1) is 22.7 Å². The number of hydrogen-bond acceptors (Lipinski definition) is 7. The molecular weight excluding hydrogens is 352 g/mol. The monoisotopic (exact) mass is 372 g/mol. The number of aliphatic imine (C=N–C) groups is 1. The van der Waals surface area contributed by atoms with E-state index in [-0.39, 0.29) is 0 Å². The Labute approximate surface area is 148 Å². The van der Waals surface area contributed by atoms with Crippen LogP contribution >= 0.6 is 46.2 Å². The number of rotatable bonds is 10. The van der Waals surface area contributed by atoms with Gasteiger partial charge in [0, 0.05) is 59.3 Å². The van der Waals surface area contributed by atoms with Crippen LogP contribution in [0.3, 0.4) is 0 Å². The predicted octanol–water partition coefficient (Wildman–Crippen LogP) is 3.77. The zero-order valence-electron chi connectivity index (χ0n) is 12.5. The van der Waals surface area contributed by atoms with Crippen LogP contribution in [0.2, 0.25) is 0 Å². The summed E-state index contributed by atoms with van der Waals surface area (Å²) in [6, 6.07) is 0. The lowest BCUT2D eigenvalue weighted by Crippen LogP contribution is -2.23. The maximum atomic E-state index is 4.54. The van der Waals surface area contributed by atoms with Crippen molar-refractivity contribution in [3.05, 3.63) is 33.2 Å². The Kier molecular flexibility index (Phi) is 8.92. The predicted molar refractivity (Wildman–Crippen MR) is 103 cm³/mol. The molecule has 0 saturated heterocycles. The van der Waals surface area contributed by atoms with E-state index in [9.17, 15) is 0 Å². The first-order chi connectivity index (χ1) is 10.8. The van der Waals surface area contributed by atoms with E-state index >= 15 is 0 Å². The number of thiazole rings is 2. The van der Waals surface area contributed by atoms with E-state index in [1.807, 2.05) is 53.6 Å². The van der Waals surface area contributed by atoms with Crippen molar-refractivity contribution in [2.75, 3.05) is 24.6 Å². The molecule has 0 aliphatic rings. The fraction of sp³-hybridized carbons (Fsp3) is 0.500. The SMILES string of the molecule is CC(=NCCSCc1nccs1)NCCSCc1nccs1. The molecule has 0 amide bonds. The fourth-order valence-electron chi connectivity index (χ4n) is 1.61. The van der Waals surface area contributed by atoms with Gasteiger partial charge in [0.1, 0.15) is 10.0 Å². The first kappa shape index (κ1) is 17.8. The molecule has 0 radical (unpaired) electrons. The Balaban J connectivity index is 1.45. The van der Waals surface area contributed by atoms with Crippen molar-refractivity contribution in [1.29, 1.82) is 0 Å². The topological polar surface area (TPSA) is 50.2 Å². The van der Waals surface area contributed by atoms with Gasteiger partial charge in [0.2, 0.25) is 0 Å². The number of aromatic nitrogens is 2. The normalized spacial score (nSPS) is 11.8. The highest BCUT2D eigenvalue weighted by Gasteiger charge is 1.97. The van der Waals surface area contributed by atoms with Crippen LogP contribution in [-0.4, -0.2) is 40.4 Å². The van der Waals surface area contributed by atoms with Crippen molar-refractivity contribution in [2.45, 2.75) is 18.4 Å². The molecule has 0 spiro atoms. The zero-order chi connectivity index (χ0) is 15.5. The van der Waals surface area contributed by atoms with Crippen LogP contribution in [-0.2, 0) is 11.5 Å². The molecule has 4 nitrogen and oxygen atoms in total. The van der Waals surface area contributed by atoms with Gasteiger partial charge in [-0.2, -0.15) is 23.5 Å². The molecule has 2 aromatic heterocycles. The molecule has 0 fully saturated rings. The largest absolute Gasteiger partial charge is 0.373 e. The van der Waals surface area contributed by atoms with Crippen molar-refractivity contribution in [3.8, 4) is 0 Å². The van der Waals surface area contributed by atoms with Crippen LogP contribution < -0.4 is 5.32 Å². The minimum absolute atomic E-state index is 0.862. The van der Waals surface area contributed by atoms with Gasteiger partial charge in [-0.1, -0.05) is 0 Å². The molecule has 2 heterocycles. The molecule has 0 bridgehead atoms. The smallest absolute Gasteiger partial charge is 0.102 e. The molecule has 0 aliphatic carbocycles. The summed E-state index contributed by atoms with van der Waals surface area (Å²) in [4.78, 5) is 13.1. The van der Waals surface area contributed by atoms with Gasteiger partial charge < -0.3 is 5.32 Å². The first-order valence-corrected chi connectivity index (χ1v) is 11.1. The molecular formula is C14H20N4S4. The average molecular weight is 373 g/mol. The maximum absolute atomic E-state index is 4.54. The molecule has 1 N–H and O–H groups in total. The Morgan fingerprint density at radius 3 is 2.32 bits per heavy atom. The van der Waals surface area contributed by atoms with E-state index in [0.29, 0.717) is 0 Å². The van der Waals surface area contributed by atoms with Crippen molar-refractivity contribution in [1.82, 2.24) is 15.3 Å². The highest BCUT2D eigenvalue weighted by atomic mass is 32.2. The second-order valence-electron chi connectivity index (χ2n) is 4.35. The molecule has 0 aromatic carbocycles. The number of nitrogens with one attached hydrogen (secondary N) is 1. The second kappa shape index (κ2) is 11.0. The van der Waals surface area contributed by atoms with Crippen LogP contribution in [0.25, 0.3) is 0 Å². The van der Waals surface area contributed by atoms with Crippen LogP contribution in [0, 0.1) is 0 Å². The number of nitrogens with zero attached hydrogens (tertiary/aromatic N) is 3. The quantitative estimate of drug-likeness (QED) is 0.391. The van der Waals surface area contributed by atoms with Crippen LogP contribution in [0.4, 0.5) is 0 Å². The summed E-state index contributed by atoms with van der Waals surface area (Å²) >= 11 is 7.23. The van der Waals surface area contributed by atoms with Gasteiger partial charge in [-0.05, 0) is 6.92 Å². The third-order valence-corrected chi connectivity index (χ3v) is 6.47. The van der Waals surface area contributed by atoms with Crippen molar-refractivity contribution >= 4 is 52.0 Å². The van der Waals surface area contributed by atoms with Gasteiger partial charge in [-0.3, -0.25) is 4.99 Å². The Morgan fingerprint density at radius 1 is 1.09 bits per heavy atom. The lowest BCUT2D eigenvalue weighted by molar-refractivity contribution is 0.951. The molecule has 22 heavy (non-hydrogen) atoms. The Morgan fingerprint density at radius 2 is 1.73 bits per heavy atom. The fourth-order valence-corrected chi connectivity index (χ4v) is 4.70. The van der Waals surface area contributed by atoms with Gasteiger partial charge in [0.05, 0.1) is 5.84 Å². The zero-order valence-corrected chi connectivity index (χ0v) is 15.8. The molecule has 2 aromatic rings. The molecule has 0 unspecified atom stereocenters. The van der Waals surface area contributed by atoms with Crippen LogP contribution in [0.15, 0.2) is 28.1 Å². The summed E-state index contributed by atoms with van der Waals surface area (Å²) in [7, 11) is 0. The summed E-state index contributed by atoms with van der Waals surface area (Å²) in [5.41, 5.74) is 0. The van der Waals surface area contributed by atoms with E-state index in [0.717, 1.165) is 41.9 Å². The van der Waals surface area contributed by atoms with E-state index in [4.69, 9.17) is 0 Å². The summed E-state index contributed by atoms with van der Waals surface area (Å²) < 4.78 is 0. The third kappa shape index (κ3) is 7.62. The number of amidine groups is 1. The minimum atomic E-state index is 0.862. The lowest BCUT2D eigenvalue weighted by Gasteiger charge is -2.05. The summed E-state index contributed by atoms with van der Waals surface area (Å²) in [6.07, 6.45) is 3.72. The molecule has 0 atom stereocenters. The lowest BCUT2D eigenvalue weighted by atomic mass is 10.6. The van der Waals surface area contributed by atoms with Crippen molar-refractivity contribution in [3.63, 3.8) is 0 Å². The number of hydrogen-bond donors (Lipinski definition) is 1. The molecule has 0 aliphatic heterocycles. The van der Waals surface area contributed by atoms with Crippen molar-refractivity contribution < 1.29 is 0 Å². The maximum Gasteiger partial charge on any atom is 0.102 e. The van der Waals surface area contributed by atoms with Gasteiger partial charge in [-0.25, -0.2) is 9.97 Å². The highest BCUT2D eigenvalue weighted by Crippen LogP contribution is 2.14. The number of thioether (sulfide) groups is 2. The Hall–Kier alpha value is -0.570. The van der Waals surface area contributed by atoms with Crippen LogP contribution in [0.1, 0.15) is 16.9 Å². The average Bonchev–Trinajstić information content (AvgIpc) is 3.19. The summed E-state index contributed by atoms with van der Waals surface area (Å²) in [6.45, 7) is 3.86. The third-order valence-electron chi connectivity index (χ3n) is 2.63. The van der Waals surface area contributed by atoms with Gasteiger partial charge >= 0.3 is 0 Å². The summed E-state index contributed by atoms with van der Waals surface area (Å²) in [5.74, 6) is 5.14. The van der Waals surface area contributed by atoms with E-state index in [2.05, 4.69) is 20.3 Å². The highest BCUT2D eigenvalue weighted by molar-refractivity contribution is 7.98. The van der Waals surface area contributed by atoms with Gasteiger partial charge in [0.25, 0.3) is 0 Å². The molecule has 120 valence electrons. The molecule has 2 rings (SSSR count). The van der Waals surface area contributed by atoms with E-state index in [1.165, 1.54) is 10.0 Å². The first-order valence-electron chi connectivity index (χ1n) is 7.02. The second-order valence-corrected chi connectivity index (χ2v) is 8.52. The van der Waals surface area contributed by atoms with E-state index in [1.54, 1.807) is 22.7 Å². The Bertz CT molecular complexity index is 525. The van der Waals surface area contributed by atoms with Crippen LogP contribution in [0.5, 0.6) is 0 Å². The van der Waals surface area contributed by atoms with Gasteiger partial charge in [0.15, 0.2) is 0 Å². The standard InChI is InChI=1S/C14H20N4S4/c1-12(15-2-6-19-10-13-17-4-8-21-13)16-3-7-20-11-14-18-5-9-22-14/h4-5,8-9H,2-3,6-7,10-11H2,1H3,(H,15,16).